The van der Waals surface area contributed by atoms with Crippen LogP contribution in [0.25, 0.3) is 0 Å². The molecule has 1 rings (SSSR count). The molecule has 1 aliphatic heterocycles. The van der Waals surface area contributed by atoms with Crippen molar-refractivity contribution in [2.24, 2.45) is 5.73 Å². The number of hydrogen-bond donors (Lipinski definition) is 2. The Hall–Kier alpha value is -0.650. The highest BCUT2D eigenvalue weighted by Gasteiger charge is 2.23. The van der Waals surface area contributed by atoms with Crippen molar-refractivity contribution in [3.05, 3.63) is 0 Å². The van der Waals surface area contributed by atoms with Gasteiger partial charge in [-0.2, -0.15) is 0 Å². The van der Waals surface area contributed by atoms with Crippen LogP contribution in [-0.4, -0.2) is 66.6 Å². The van der Waals surface area contributed by atoms with Crippen LogP contribution in [-0.2, 0) is 4.79 Å². The minimum Gasteiger partial charge on any atom is -0.350 e. The van der Waals surface area contributed by atoms with E-state index in [1.54, 1.807) is 0 Å². The van der Waals surface area contributed by atoms with Crippen molar-refractivity contribution >= 4 is 5.91 Å². The fourth-order valence-corrected chi connectivity index (χ4v) is 2.22. The average Bonchev–Trinajstić information content (AvgIpc) is 2.38. The quantitative estimate of drug-likeness (QED) is 0.726. The predicted molar refractivity (Wildman–Crippen MR) is 79.0 cm³/mol. The molecular formula is C14H30N4O. The highest BCUT2D eigenvalue weighted by atomic mass is 16.2. The smallest absolute Gasteiger partial charge is 0.234 e. The van der Waals surface area contributed by atoms with E-state index >= 15 is 0 Å². The third kappa shape index (κ3) is 5.47. The molecule has 1 amide bonds. The molecule has 1 saturated heterocycles. The third-order valence-electron chi connectivity index (χ3n) is 4.10. The number of nitrogens with two attached hydrogens (primary N) is 1. The largest absolute Gasteiger partial charge is 0.350 e. The van der Waals surface area contributed by atoms with Crippen LogP contribution < -0.4 is 11.1 Å². The summed E-state index contributed by atoms with van der Waals surface area (Å²) in [4.78, 5) is 16.6. The van der Waals surface area contributed by atoms with Crippen LogP contribution in [0.15, 0.2) is 0 Å². The molecular weight excluding hydrogens is 240 g/mol. The number of amides is 1. The summed E-state index contributed by atoms with van der Waals surface area (Å²) < 4.78 is 0. The number of rotatable bonds is 6. The second kappa shape index (κ2) is 7.22. The van der Waals surface area contributed by atoms with Gasteiger partial charge in [-0.1, -0.05) is 6.92 Å². The normalized spacial score (nSPS) is 20.3. The van der Waals surface area contributed by atoms with Gasteiger partial charge in [-0.15, -0.1) is 0 Å². The number of nitrogens with zero attached hydrogens (tertiary/aromatic N) is 2. The molecule has 1 atom stereocenters. The van der Waals surface area contributed by atoms with Gasteiger partial charge in [0.05, 0.1) is 6.54 Å². The highest BCUT2D eigenvalue weighted by Crippen LogP contribution is 2.08. The minimum atomic E-state index is -0.104. The molecule has 0 aromatic carbocycles. The van der Waals surface area contributed by atoms with E-state index in [9.17, 15) is 4.79 Å². The first-order valence-corrected chi connectivity index (χ1v) is 7.35. The first-order chi connectivity index (χ1) is 8.88. The topological polar surface area (TPSA) is 61.6 Å². The van der Waals surface area contributed by atoms with Crippen LogP contribution in [0, 0.1) is 0 Å². The van der Waals surface area contributed by atoms with Gasteiger partial charge in [0, 0.05) is 44.3 Å². The Labute approximate surface area is 117 Å². The lowest BCUT2D eigenvalue weighted by atomic mass is 10.0. The number of nitrogens with one attached hydrogen (secondary N) is 1. The molecule has 0 aromatic rings. The van der Waals surface area contributed by atoms with E-state index in [2.05, 4.69) is 42.8 Å². The van der Waals surface area contributed by atoms with Crippen molar-refractivity contribution in [2.75, 3.05) is 39.3 Å². The second-order valence-electron chi connectivity index (χ2n) is 6.18. The zero-order valence-corrected chi connectivity index (χ0v) is 12.9. The summed E-state index contributed by atoms with van der Waals surface area (Å²) in [7, 11) is 0. The summed E-state index contributed by atoms with van der Waals surface area (Å²) in [6.45, 7) is 13.5. The van der Waals surface area contributed by atoms with E-state index in [0.717, 1.165) is 32.6 Å². The zero-order valence-electron chi connectivity index (χ0n) is 12.9. The molecule has 3 N–H and O–H groups in total. The fraction of sp³-hybridized carbons (Fsp3) is 0.929. The second-order valence-corrected chi connectivity index (χ2v) is 6.18. The molecule has 0 spiro atoms. The maximum Gasteiger partial charge on any atom is 0.234 e. The molecule has 0 aromatic heterocycles. The van der Waals surface area contributed by atoms with E-state index in [4.69, 9.17) is 5.73 Å². The van der Waals surface area contributed by atoms with Crippen molar-refractivity contribution < 1.29 is 4.79 Å². The summed E-state index contributed by atoms with van der Waals surface area (Å²) >= 11 is 0. The summed E-state index contributed by atoms with van der Waals surface area (Å²) in [5.74, 6) is 0.132. The molecule has 0 aliphatic carbocycles. The lowest BCUT2D eigenvalue weighted by Crippen LogP contribution is -2.54. The van der Waals surface area contributed by atoms with Gasteiger partial charge in [-0.05, 0) is 27.2 Å². The molecule has 1 heterocycles. The van der Waals surface area contributed by atoms with E-state index in [1.165, 1.54) is 0 Å². The van der Waals surface area contributed by atoms with E-state index in [0.29, 0.717) is 19.1 Å². The maximum absolute atomic E-state index is 12.0. The predicted octanol–water partition coefficient (Wildman–Crippen LogP) is 0.256. The van der Waals surface area contributed by atoms with Crippen LogP contribution in [0.5, 0.6) is 0 Å². The molecule has 1 fully saturated rings. The van der Waals surface area contributed by atoms with Crippen LogP contribution in [0.1, 0.15) is 34.1 Å². The van der Waals surface area contributed by atoms with Gasteiger partial charge in [-0.25, -0.2) is 0 Å². The van der Waals surface area contributed by atoms with Crippen molar-refractivity contribution in [2.45, 2.75) is 45.7 Å². The minimum absolute atomic E-state index is 0.104. The molecule has 0 saturated carbocycles. The van der Waals surface area contributed by atoms with Crippen molar-refractivity contribution in [3.63, 3.8) is 0 Å². The third-order valence-corrected chi connectivity index (χ3v) is 4.10. The Bertz CT molecular complexity index is 285. The van der Waals surface area contributed by atoms with Crippen molar-refractivity contribution in [1.29, 1.82) is 0 Å². The summed E-state index contributed by atoms with van der Waals surface area (Å²) in [6.07, 6.45) is 0.945. The summed E-state index contributed by atoms with van der Waals surface area (Å²) in [5, 5.41) is 3.08. The van der Waals surface area contributed by atoms with Gasteiger partial charge in [0.1, 0.15) is 0 Å². The Balaban J connectivity index is 2.31. The monoisotopic (exact) mass is 270 g/mol. The van der Waals surface area contributed by atoms with Crippen molar-refractivity contribution in [3.8, 4) is 0 Å². The number of carbonyl (C=O) groups is 1. The Morgan fingerprint density at radius 1 is 1.32 bits per heavy atom. The van der Waals surface area contributed by atoms with E-state index in [-0.39, 0.29) is 11.4 Å². The Morgan fingerprint density at radius 2 is 1.89 bits per heavy atom. The lowest BCUT2D eigenvalue weighted by molar-refractivity contribution is -0.124. The summed E-state index contributed by atoms with van der Waals surface area (Å²) in [6, 6.07) is 0.440. The molecule has 1 aliphatic rings. The van der Waals surface area contributed by atoms with Gasteiger partial charge in [0.2, 0.25) is 5.91 Å². The molecule has 19 heavy (non-hydrogen) atoms. The molecule has 112 valence electrons. The first kappa shape index (κ1) is 16.4. The first-order valence-electron chi connectivity index (χ1n) is 7.35. The zero-order chi connectivity index (χ0) is 14.5. The molecule has 5 nitrogen and oxygen atoms in total. The maximum atomic E-state index is 12.0. The van der Waals surface area contributed by atoms with Crippen LogP contribution in [0.4, 0.5) is 0 Å². The summed E-state index contributed by atoms with van der Waals surface area (Å²) in [5.41, 5.74) is 5.58. The fourth-order valence-electron chi connectivity index (χ4n) is 2.22. The van der Waals surface area contributed by atoms with Gasteiger partial charge in [-0.3, -0.25) is 14.6 Å². The lowest BCUT2D eigenvalue weighted by Gasteiger charge is -2.37. The molecule has 1 unspecified atom stereocenters. The molecule has 5 heteroatoms. The van der Waals surface area contributed by atoms with Gasteiger partial charge in [0.15, 0.2) is 0 Å². The number of carbonyl (C=O) groups excluding carboxylic acids is 1. The average molecular weight is 270 g/mol. The molecule has 0 radical (unpaired) electrons. The standard InChI is InChI=1S/C14H30N4O/c1-5-14(3,4)16-13(19)11-17-6-8-18(9-7-17)12(2)10-15/h12H,5-11,15H2,1-4H3,(H,16,19). The van der Waals surface area contributed by atoms with Gasteiger partial charge < -0.3 is 11.1 Å². The number of piperazine rings is 1. The van der Waals surface area contributed by atoms with Crippen LogP contribution in [0.3, 0.4) is 0 Å². The van der Waals surface area contributed by atoms with E-state index < -0.39 is 0 Å². The Morgan fingerprint density at radius 3 is 2.37 bits per heavy atom. The molecule has 0 bridgehead atoms. The van der Waals surface area contributed by atoms with Gasteiger partial charge >= 0.3 is 0 Å². The van der Waals surface area contributed by atoms with E-state index in [1.807, 2.05) is 0 Å². The number of hydrogen-bond acceptors (Lipinski definition) is 4. The van der Waals surface area contributed by atoms with Crippen molar-refractivity contribution in [1.82, 2.24) is 15.1 Å². The Kier molecular flexibility index (Phi) is 6.23. The SMILES string of the molecule is CCC(C)(C)NC(=O)CN1CCN(C(C)CN)CC1. The van der Waals surface area contributed by atoms with Crippen LogP contribution in [0.2, 0.25) is 0 Å². The van der Waals surface area contributed by atoms with Crippen LogP contribution >= 0.6 is 0 Å². The highest BCUT2D eigenvalue weighted by molar-refractivity contribution is 5.78. The van der Waals surface area contributed by atoms with Gasteiger partial charge in [0.25, 0.3) is 0 Å².